The molecule has 1 aromatic carbocycles. The number of hydrogen-bond donors (Lipinski definition) is 1. The lowest BCUT2D eigenvalue weighted by Gasteiger charge is -2.36. The standard InChI is InChI=1S/C22H23N5O2S/c1-15-3-4-19(16(2)13-15)26-8-10-27(11-9-26)22(29)20-17(5-12-30-20)25-21(28)18-14-23-6-7-24-18/h3-7,12-14H,8-11H2,1-2H3,(H,25,28). The Hall–Kier alpha value is -3.26. The number of piperazine rings is 1. The zero-order chi connectivity index (χ0) is 21.1. The van der Waals surface area contributed by atoms with Crippen LogP contribution < -0.4 is 10.2 Å². The lowest BCUT2D eigenvalue weighted by atomic mass is 10.1. The first-order chi connectivity index (χ1) is 14.5. The van der Waals surface area contributed by atoms with Crippen LogP contribution in [0.4, 0.5) is 11.4 Å². The van der Waals surface area contributed by atoms with Crippen molar-refractivity contribution in [3.63, 3.8) is 0 Å². The predicted molar refractivity (Wildman–Crippen MR) is 118 cm³/mol. The molecule has 3 aromatic rings. The molecular weight excluding hydrogens is 398 g/mol. The van der Waals surface area contributed by atoms with Gasteiger partial charge in [-0.05, 0) is 36.9 Å². The number of benzene rings is 1. The molecular formula is C22H23N5O2S. The number of aromatic nitrogens is 2. The number of aryl methyl sites for hydroxylation is 2. The van der Waals surface area contributed by atoms with Crippen LogP contribution in [0.15, 0.2) is 48.2 Å². The Kier molecular flexibility index (Phi) is 5.76. The minimum Gasteiger partial charge on any atom is -0.368 e. The molecule has 30 heavy (non-hydrogen) atoms. The molecule has 4 rings (SSSR count). The fourth-order valence-electron chi connectivity index (χ4n) is 3.63. The molecule has 0 spiro atoms. The van der Waals surface area contributed by atoms with Gasteiger partial charge in [0.1, 0.15) is 10.6 Å². The average Bonchev–Trinajstić information content (AvgIpc) is 3.22. The summed E-state index contributed by atoms with van der Waals surface area (Å²) >= 11 is 1.33. The van der Waals surface area contributed by atoms with Crippen molar-refractivity contribution < 1.29 is 9.59 Å². The van der Waals surface area contributed by atoms with E-state index in [1.54, 1.807) is 6.07 Å². The summed E-state index contributed by atoms with van der Waals surface area (Å²) in [6.07, 6.45) is 4.37. The van der Waals surface area contributed by atoms with Gasteiger partial charge in [0.2, 0.25) is 0 Å². The van der Waals surface area contributed by atoms with Gasteiger partial charge in [0.25, 0.3) is 11.8 Å². The number of carbonyl (C=O) groups excluding carboxylic acids is 2. The molecule has 0 bridgehead atoms. The van der Waals surface area contributed by atoms with E-state index in [9.17, 15) is 9.59 Å². The summed E-state index contributed by atoms with van der Waals surface area (Å²) in [4.78, 5) is 38.1. The van der Waals surface area contributed by atoms with E-state index >= 15 is 0 Å². The molecule has 0 saturated carbocycles. The fourth-order valence-corrected chi connectivity index (χ4v) is 4.45. The first-order valence-electron chi connectivity index (χ1n) is 9.79. The van der Waals surface area contributed by atoms with Crippen LogP contribution in [0.2, 0.25) is 0 Å². The van der Waals surface area contributed by atoms with Crippen LogP contribution in [-0.2, 0) is 0 Å². The summed E-state index contributed by atoms with van der Waals surface area (Å²) in [5.41, 5.74) is 4.45. The number of amides is 2. The highest BCUT2D eigenvalue weighted by molar-refractivity contribution is 7.12. The Morgan fingerprint density at radius 2 is 1.87 bits per heavy atom. The Balaban J connectivity index is 1.41. The molecule has 3 heterocycles. The minimum atomic E-state index is -0.379. The molecule has 8 heteroatoms. The van der Waals surface area contributed by atoms with Gasteiger partial charge in [-0.2, -0.15) is 0 Å². The number of nitrogens with zero attached hydrogens (tertiary/aromatic N) is 4. The Bertz CT molecular complexity index is 1060. The lowest BCUT2D eigenvalue weighted by Crippen LogP contribution is -2.49. The highest BCUT2D eigenvalue weighted by Gasteiger charge is 2.26. The van der Waals surface area contributed by atoms with Gasteiger partial charge in [-0.25, -0.2) is 4.98 Å². The second kappa shape index (κ2) is 8.62. The van der Waals surface area contributed by atoms with E-state index in [0.29, 0.717) is 23.7 Å². The van der Waals surface area contributed by atoms with Crippen molar-refractivity contribution in [1.29, 1.82) is 0 Å². The predicted octanol–water partition coefficient (Wildman–Crippen LogP) is 3.37. The summed E-state index contributed by atoms with van der Waals surface area (Å²) < 4.78 is 0. The molecule has 1 aliphatic rings. The van der Waals surface area contributed by atoms with Gasteiger partial charge in [0.15, 0.2) is 0 Å². The summed E-state index contributed by atoms with van der Waals surface area (Å²) in [5.74, 6) is -0.435. The maximum absolute atomic E-state index is 13.1. The van der Waals surface area contributed by atoms with Gasteiger partial charge in [0, 0.05) is 44.3 Å². The first-order valence-corrected chi connectivity index (χ1v) is 10.7. The quantitative estimate of drug-likeness (QED) is 0.699. The molecule has 7 nitrogen and oxygen atoms in total. The number of thiophene rings is 1. The number of anilines is 2. The van der Waals surface area contributed by atoms with Crippen LogP contribution in [0.25, 0.3) is 0 Å². The van der Waals surface area contributed by atoms with Crippen LogP contribution in [0.5, 0.6) is 0 Å². The van der Waals surface area contributed by atoms with Gasteiger partial charge in [-0.15, -0.1) is 11.3 Å². The molecule has 1 N–H and O–H groups in total. The molecule has 2 aromatic heterocycles. The third-order valence-electron chi connectivity index (χ3n) is 5.16. The highest BCUT2D eigenvalue weighted by Crippen LogP contribution is 2.27. The monoisotopic (exact) mass is 421 g/mol. The minimum absolute atomic E-state index is 0.0558. The molecule has 1 aliphatic heterocycles. The van der Waals surface area contributed by atoms with E-state index in [2.05, 4.69) is 52.2 Å². The van der Waals surface area contributed by atoms with Crippen molar-refractivity contribution in [2.75, 3.05) is 36.4 Å². The van der Waals surface area contributed by atoms with Gasteiger partial charge in [-0.1, -0.05) is 17.7 Å². The molecule has 0 aliphatic carbocycles. The second-order valence-electron chi connectivity index (χ2n) is 7.28. The van der Waals surface area contributed by atoms with Gasteiger partial charge in [0.05, 0.1) is 11.9 Å². The van der Waals surface area contributed by atoms with E-state index < -0.39 is 0 Å². The number of carbonyl (C=O) groups is 2. The summed E-state index contributed by atoms with van der Waals surface area (Å²) in [6, 6.07) is 8.21. The Labute approximate surface area is 179 Å². The molecule has 0 unspecified atom stereocenters. The van der Waals surface area contributed by atoms with Crippen molar-refractivity contribution >= 4 is 34.5 Å². The molecule has 2 amide bonds. The van der Waals surface area contributed by atoms with Gasteiger partial charge >= 0.3 is 0 Å². The molecule has 0 atom stereocenters. The molecule has 1 saturated heterocycles. The first kappa shape index (κ1) is 20.0. The zero-order valence-electron chi connectivity index (χ0n) is 17.0. The number of rotatable bonds is 4. The van der Waals surface area contributed by atoms with Crippen LogP contribution in [0.1, 0.15) is 31.3 Å². The molecule has 0 radical (unpaired) electrons. The van der Waals surface area contributed by atoms with E-state index in [0.717, 1.165) is 13.1 Å². The van der Waals surface area contributed by atoms with Crippen molar-refractivity contribution in [3.8, 4) is 0 Å². The fraction of sp³-hybridized carbons (Fsp3) is 0.273. The van der Waals surface area contributed by atoms with E-state index in [1.165, 1.54) is 46.7 Å². The molecule has 154 valence electrons. The summed E-state index contributed by atoms with van der Waals surface area (Å²) in [6.45, 7) is 7.06. The lowest BCUT2D eigenvalue weighted by molar-refractivity contribution is 0.0752. The van der Waals surface area contributed by atoms with Crippen LogP contribution in [0.3, 0.4) is 0 Å². The van der Waals surface area contributed by atoms with Crippen molar-refractivity contribution in [3.05, 3.63) is 69.9 Å². The maximum Gasteiger partial charge on any atom is 0.275 e. The van der Waals surface area contributed by atoms with Gasteiger partial charge < -0.3 is 15.1 Å². The number of nitrogens with one attached hydrogen (secondary N) is 1. The average molecular weight is 422 g/mol. The van der Waals surface area contributed by atoms with Crippen LogP contribution >= 0.6 is 11.3 Å². The van der Waals surface area contributed by atoms with Crippen molar-refractivity contribution in [1.82, 2.24) is 14.9 Å². The van der Waals surface area contributed by atoms with Crippen molar-refractivity contribution in [2.45, 2.75) is 13.8 Å². The summed E-state index contributed by atoms with van der Waals surface area (Å²) in [5, 5.41) is 4.60. The van der Waals surface area contributed by atoms with Crippen molar-refractivity contribution in [2.24, 2.45) is 0 Å². The Morgan fingerprint density at radius 3 is 2.57 bits per heavy atom. The van der Waals surface area contributed by atoms with Gasteiger partial charge in [-0.3, -0.25) is 14.6 Å². The maximum atomic E-state index is 13.1. The van der Waals surface area contributed by atoms with Crippen LogP contribution in [-0.4, -0.2) is 52.9 Å². The summed E-state index contributed by atoms with van der Waals surface area (Å²) in [7, 11) is 0. The zero-order valence-corrected chi connectivity index (χ0v) is 17.8. The van der Waals surface area contributed by atoms with E-state index in [4.69, 9.17) is 0 Å². The third kappa shape index (κ3) is 4.18. The smallest absolute Gasteiger partial charge is 0.275 e. The van der Waals surface area contributed by atoms with E-state index in [-0.39, 0.29) is 17.5 Å². The third-order valence-corrected chi connectivity index (χ3v) is 6.07. The normalized spacial score (nSPS) is 13.9. The number of hydrogen-bond acceptors (Lipinski definition) is 6. The van der Waals surface area contributed by atoms with E-state index in [1.807, 2.05) is 10.3 Å². The highest BCUT2D eigenvalue weighted by atomic mass is 32.1. The SMILES string of the molecule is Cc1ccc(N2CCN(C(=O)c3sccc3NC(=O)c3cnccn3)CC2)c(C)c1. The van der Waals surface area contributed by atoms with Crippen LogP contribution in [0, 0.1) is 13.8 Å². The second-order valence-corrected chi connectivity index (χ2v) is 8.19. The topological polar surface area (TPSA) is 78.4 Å². The Morgan fingerprint density at radius 1 is 1.07 bits per heavy atom. The largest absolute Gasteiger partial charge is 0.368 e. The molecule has 1 fully saturated rings.